The molecule has 0 aliphatic heterocycles. The maximum absolute atomic E-state index is 12.1. The van der Waals surface area contributed by atoms with Gasteiger partial charge in [0.15, 0.2) is 6.04 Å². The van der Waals surface area contributed by atoms with E-state index in [0.29, 0.717) is 36.8 Å². The molecule has 0 aliphatic carbocycles. The number of carbonyl (C=O) groups is 1. The second kappa shape index (κ2) is 11.6. The van der Waals surface area contributed by atoms with Crippen LogP contribution in [0, 0.1) is 0 Å². The molecule has 150 valence electrons. The van der Waals surface area contributed by atoms with E-state index >= 15 is 0 Å². The summed E-state index contributed by atoms with van der Waals surface area (Å²) in [4.78, 5) is 18.6. The van der Waals surface area contributed by atoms with Crippen LogP contribution in [-0.4, -0.2) is 55.3 Å². The number of hydrogen-bond acceptors (Lipinski definition) is 5. The summed E-state index contributed by atoms with van der Waals surface area (Å²) < 4.78 is 4.88. The van der Waals surface area contributed by atoms with Crippen LogP contribution >= 0.6 is 23.2 Å². The highest BCUT2D eigenvalue weighted by Crippen LogP contribution is 2.18. The second-order valence-corrected chi connectivity index (χ2v) is 6.87. The molecule has 0 unspecified atom stereocenters. The number of alkyl halides is 2. The van der Waals surface area contributed by atoms with Crippen LogP contribution in [0.25, 0.3) is 0 Å². The fourth-order valence-corrected chi connectivity index (χ4v) is 3.15. The lowest BCUT2D eigenvalue weighted by Gasteiger charge is -2.23. The Morgan fingerprint density at radius 2 is 1.79 bits per heavy atom. The summed E-state index contributed by atoms with van der Waals surface area (Å²) >= 11 is 11.7. The first kappa shape index (κ1) is 22.1. The number of aromatic hydroxyl groups is 1. The predicted octanol–water partition coefficient (Wildman–Crippen LogP) is 3.88. The highest BCUT2D eigenvalue weighted by atomic mass is 35.5. The molecule has 0 spiro atoms. The van der Waals surface area contributed by atoms with Crippen molar-refractivity contribution in [3.05, 3.63) is 59.7 Å². The van der Waals surface area contributed by atoms with Crippen molar-refractivity contribution in [2.75, 3.05) is 36.9 Å². The third kappa shape index (κ3) is 6.43. The van der Waals surface area contributed by atoms with Crippen LogP contribution in [0.1, 0.15) is 11.1 Å². The highest BCUT2D eigenvalue weighted by Gasteiger charge is 2.18. The molecule has 7 heteroatoms. The third-order valence-corrected chi connectivity index (χ3v) is 4.58. The number of ether oxygens (including phenoxy) is 1. The second-order valence-electron chi connectivity index (χ2n) is 6.11. The van der Waals surface area contributed by atoms with Crippen LogP contribution in [-0.2, 0) is 16.0 Å². The van der Waals surface area contributed by atoms with Crippen LogP contribution in [0.4, 0.5) is 5.69 Å². The van der Waals surface area contributed by atoms with Gasteiger partial charge in [-0.3, -0.25) is 4.99 Å². The first-order valence-electron chi connectivity index (χ1n) is 8.93. The molecule has 2 aromatic rings. The summed E-state index contributed by atoms with van der Waals surface area (Å²) in [5, 5.41) is 9.85. The minimum atomic E-state index is -0.697. The molecule has 5 nitrogen and oxygen atoms in total. The van der Waals surface area contributed by atoms with E-state index in [0.717, 1.165) is 11.3 Å². The van der Waals surface area contributed by atoms with Crippen LogP contribution < -0.4 is 4.90 Å². The number of phenolic OH excluding ortho intramolecular Hbond substituents is 1. The van der Waals surface area contributed by atoms with E-state index in [4.69, 9.17) is 27.9 Å². The number of halogens is 2. The third-order valence-electron chi connectivity index (χ3n) is 4.24. The Morgan fingerprint density at radius 1 is 1.14 bits per heavy atom. The molecular weight excluding hydrogens is 399 g/mol. The SMILES string of the molecule is COC(=O)[C@@H](Cc1ccc(N(CCCl)CCCl)cc1)N=Cc1ccccc1O. The number of para-hydroxylation sites is 1. The molecule has 28 heavy (non-hydrogen) atoms. The largest absolute Gasteiger partial charge is 0.507 e. The summed E-state index contributed by atoms with van der Waals surface area (Å²) in [5.41, 5.74) is 2.52. The monoisotopic (exact) mass is 422 g/mol. The van der Waals surface area contributed by atoms with Crippen molar-refractivity contribution in [2.24, 2.45) is 4.99 Å². The van der Waals surface area contributed by atoms with Gasteiger partial charge in [0.25, 0.3) is 0 Å². The first-order chi connectivity index (χ1) is 13.6. The van der Waals surface area contributed by atoms with Gasteiger partial charge in [-0.25, -0.2) is 4.79 Å². The van der Waals surface area contributed by atoms with Gasteiger partial charge in [0.05, 0.1) is 7.11 Å². The van der Waals surface area contributed by atoms with E-state index in [1.807, 2.05) is 24.3 Å². The van der Waals surface area contributed by atoms with Gasteiger partial charge in [-0.2, -0.15) is 0 Å². The molecule has 0 aromatic heterocycles. The number of anilines is 1. The number of hydrogen-bond donors (Lipinski definition) is 1. The zero-order valence-electron chi connectivity index (χ0n) is 15.7. The molecule has 0 fully saturated rings. The lowest BCUT2D eigenvalue weighted by molar-refractivity contribution is -0.142. The number of methoxy groups -OCH3 is 1. The van der Waals surface area contributed by atoms with E-state index in [1.54, 1.807) is 24.3 Å². The topological polar surface area (TPSA) is 62.1 Å². The molecule has 0 aliphatic rings. The number of esters is 1. The summed E-state index contributed by atoms with van der Waals surface area (Å²) in [6.07, 6.45) is 1.88. The molecule has 0 heterocycles. The number of rotatable bonds is 10. The van der Waals surface area contributed by atoms with Crippen molar-refractivity contribution in [1.82, 2.24) is 0 Å². The molecule has 1 N–H and O–H groups in total. The summed E-state index contributed by atoms with van der Waals surface area (Å²) in [6, 6.07) is 14.0. The fraction of sp³-hybridized carbons (Fsp3) is 0.333. The Morgan fingerprint density at radius 3 is 2.36 bits per heavy atom. The summed E-state index contributed by atoms with van der Waals surface area (Å²) in [7, 11) is 1.34. The fourth-order valence-electron chi connectivity index (χ4n) is 2.74. The Hall–Kier alpha value is -2.24. The van der Waals surface area contributed by atoms with E-state index < -0.39 is 12.0 Å². The van der Waals surface area contributed by atoms with Gasteiger partial charge in [-0.05, 0) is 29.8 Å². The van der Waals surface area contributed by atoms with Crippen molar-refractivity contribution in [1.29, 1.82) is 0 Å². The average Bonchev–Trinajstić information content (AvgIpc) is 2.72. The van der Waals surface area contributed by atoms with Crippen molar-refractivity contribution in [3.63, 3.8) is 0 Å². The number of carbonyl (C=O) groups excluding carboxylic acids is 1. The quantitative estimate of drug-likeness (QED) is 0.358. The smallest absolute Gasteiger partial charge is 0.330 e. The minimum Gasteiger partial charge on any atom is -0.507 e. The van der Waals surface area contributed by atoms with Crippen LogP contribution in [0.5, 0.6) is 5.75 Å². The van der Waals surface area contributed by atoms with E-state index in [1.165, 1.54) is 13.3 Å². The van der Waals surface area contributed by atoms with Gasteiger partial charge in [-0.1, -0.05) is 24.3 Å². The zero-order chi connectivity index (χ0) is 20.4. The molecule has 0 saturated heterocycles. The Balaban J connectivity index is 2.14. The minimum absolute atomic E-state index is 0.109. The van der Waals surface area contributed by atoms with Crippen LogP contribution in [0.2, 0.25) is 0 Å². The van der Waals surface area contributed by atoms with Crippen LogP contribution in [0.15, 0.2) is 53.5 Å². The zero-order valence-corrected chi connectivity index (χ0v) is 17.2. The number of phenols is 1. The summed E-state index contributed by atoms with van der Waals surface area (Å²) in [6.45, 7) is 1.42. The van der Waals surface area contributed by atoms with Gasteiger partial charge in [0.2, 0.25) is 0 Å². The van der Waals surface area contributed by atoms with Crippen molar-refractivity contribution in [3.8, 4) is 5.75 Å². The molecule has 0 bridgehead atoms. The molecule has 0 amide bonds. The van der Waals surface area contributed by atoms with E-state index in [2.05, 4.69) is 9.89 Å². The maximum Gasteiger partial charge on any atom is 0.330 e. The Kier molecular flexibility index (Phi) is 9.11. The standard InChI is InChI=1S/C21H24Cl2N2O3/c1-28-21(27)19(24-15-17-4-2-3-5-20(17)26)14-16-6-8-18(9-7-16)25(12-10-22)13-11-23/h2-9,15,19,26H,10-14H2,1H3/t19-/m1/s1. The number of nitrogens with zero attached hydrogens (tertiary/aromatic N) is 2. The normalized spacial score (nSPS) is 12.1. The first-order valence-corrected chi connectivity index (χ1v) is 10.0. The van der Waals surface area contributed by atoms with Crippen molar-refractivity contribution in [2.45, 2.75) is 12.5 Å². The van der Waals surface area contributed by atoms with E-state index in [9.17, 15) is 9.90 Å². The Bertz CT molecular complexity index is 775. The molecule has 2 aromatic carbocycles. The van der Waals surface area contributed by atoms with Gasteiger partial charge in [0.1, 0.15) is 5.75 Å². The molecule has 0 radical (unpaired) electrons. The van der Waals surface area contributed by atoms with E-state index in [-0.39, 0.29) is 5.75 Å². The van der Waals surface area contributed by atoms with Gasteiger partial charge >= 0.3 is 5.97 Å². The molecular formula is C21H24Cl2N2O3. The lowest BCUT2D eigenvalue weighted by atomic mass is 10.1. The maximum atomic E-state index is 12.1. The lowest BCUT2D eigenvalue weighted by Crippen LogP contribution is -2.27. The number of benzene rings is 2. The highest BCUT2D eigenvalue weighted by molar-refractivity contribution is 6.18. The molecule has 0 saturated carbocycles. The van der Waals surface area contributed by atoms with Crippen molar-refractivity contribution < 1.29 is 14.6 Å². The van der Waals surface area contributed by atoms with Crippen LogP contribution in [0.3, 0.4) is 0 Å². The van der Waals surface area contributed by atoms with Gasteiger partial charge in [-0.15, -0.1) is 23.2 Å². The van der Waals surface area contributed by atoms with Crippen molar-refractivity contribution >= 4 is 41.1 Å². The van der Waals surface area contributed by atoms with Gasteiger partial charge < -0.3 is 14.7 Å². The Labute approximate surface area is 175 Å². The summed E-state index contributed by atoms with van der Waals surface area (Å²) in [5.74, 6) is 0.716. The molecule has 1 atom stereocenters. The predicted molar refractivity (Wildman–Crippen MR) is 115 cm³/mol. The van der Waals surface area contributed by atoms with Gasteiger partial charge in [0, 0.05) is 48.7 Å². The molecule has 2 rings (SSSR count). The average molecular weight is 423 g/mol. The number of aliphatic imine (C=N–C) groups is 1.